The average molecular weight is 346 g/mol. The van der Waals surface area contributed by atoms with Gasteiger partial charge in [0, 0.05) is 21.8 Å². The van der Waals surface area contributed by atoms with Gasteiger partial charge in [-0.05, 0) is 47.0 Å². The fourth-order valence-corrected chi connectivity index (χ4v) is 3.53. The Morgan fingerprint density at radius 1 is 1.10 bits per heavy atom. The molecular weight excluding hydrogens is 330 g/mol. The minimum absolute atomic E-state index is 0.349. The van der Waals surface area contributed by atoms with Gasteiger partial charge < -0.3 is 5.32 Å². The average Bonchev–Trinajstić information content (AvgIpc) is 2.89. The molecule has 0 saturated heterocycles. The molecule has 0 spiro atoms. The van der Waals surface area contributed by atoms with Gasteiger partial charge in [-0.3, -0.25) is 0 Å². The van der Waals surface area contributed by atoms with Crippen LogP contribution in [0.1, 0.15) is 24.1 Å². The van der Waals surface area contributed by atoms with Crippen LogP contribution in [0.4, 0.5) is 0 Å². The van der Waals surface area contributed by atoms with E-state index < -0.39 is 0 Å². The summed E-state index contributed by atoms with van der Waals surface area (Å²) in [5.74, 6) is 0. The maximum atomic E-state index is 3.60. The summed E-state index contributed by atoms with van der Waals surface area (Å²) >= 11 is 5.29. The van der Waals surface area contributed by atoms with Crippen molar-refractivity contribution in [1.82, 2.24) is 5.32 Å². The van der Waals surface area contributed by atoms with Gasteiger partial charge in [-0.2, -0.15) is 0 Å². The first-order valence-corrected chi connectivity index (χ1v) is 8.35. The van der Waals surface area contributed by atoms with Crippen LogP contribution in [0.25, 0.3) is 10.1 Å². The lowest BCUT2D eigenvalue weighted by atomic mass is 10.1. The second kappa shape index (κ2) is 6.08. The van der Waals surface area contributed by atoms with Crippen LogP contribution in [0.5, 0.6) is 0 Å². The summed E-state index contributed by atoms with van der Waals surface area (Å²) in [6, 6.07) is 17.4. The summed E-state index contributed by atoms with van der Waals surface area (Å²) in [6.07, 6.45) is 0. The summed E-state index contributed by atoms with van der Waals surface area (Å²) in [6.45, 7) is 3.11. The van der Waals surface area contributed by atoms with Crippen LogP contribution in [-0.2, 0) is 6.54 Å². The summed E-state index contributed by atoms with van der Waals surface area (Å²) in [5, 5.41) is 7.23. The van der Waals surface area contributed by atoms with E-state index in [-0.39, 0.29) is 0 Å². The monoisotopic (exact) mass is 345 g/mol. The molecule has 0 saturated carbocycles. The van der Waals surface area contributed by atoms with Crippen molar-refractivity contribution in [3.05, 3.63) is 69.5 Å². The molecule has 1 N–H and O–H groups in total. The molecule has 1 aromatic heterocycles. The molecule has 3 rings (SSSR count). The Balaban J connectivity index is 1.71. The summed E-state index contributed by atoms with van der Waals surface area (Å²) in [7, 11) is 0. The predicted octanol–water partition coefficient (Wildman–Crippen LogP) is 5.51. The van der Waals surface area contributed by atoms with Crippen molar-refractivity contribution < 1.29 is 0 Å². The van der Waals surface area contributed by atoms with Gasteiger partial charge in [0.1, 0.15) is 0 Å². The molecule has 2 aromatic carbocycles. The standard InChI is InChI=1S/C17H16BrNS/c1-12(13-6-8-15(18)9-7-13)19-10-14-11-20-17-5-3-2-4-16(14)17/h2-9,11-12,19H,10H2,1H3/t12-/m1/s1. The number of hydrogen-bond acceptors (Lipinski definition) is 2. The second-order valence-electron chi connectivity index (χ2n) is 4.91. The van der Waals surface area contributed by atoms with Crippen molar-refractivity contribution in [3.63, 3.8) is 0 Å². The van der Waals surface area contributed by atoms with Gasteiger partial charge in [-0.25, -0.2) is 0 Å². The Bertz CT molecular complexity index is 702. The van der Waals surface area contributed by atoms with E-state index in [1.807, 2.05) is 11.3 Å². The van der Waals surface area contributed by atoms with E-state index in [4.69, 9.17) is 0 Å². The Labute approximate surface area is 131 Å². The fraction of sp³-hybridized carbons (Fsp3) is 0.176. The van der Waals surface area contributed by atoms with Gasteiger partial charge in [0.05, 0.1) is 0 Å². The van der Waals surface area contributed by atoms with Crippen molar-refractivity contribution in [2.45, 2.75) is 19.5 Å². The molecule has 0 unspecified atom stereocenters. The minimum Gasteiger partial charge on any atom is -0.306 e. The van der Waals surface area contributed by atoms with Crippen LogP contribution in [0.3, 0.4) is 0 Å². The van der Waals surface area contributed by atoms with Crippen LogP contribution >= 0.6 is 27.3 Å². The first kappa shape index (κ1) is 13.8. The van der Waals surface area contributed by atoms with Crippen molar-refractivity contribution >= 4 is 37.4 Å². The molecule has 1 atom stereocenters. The van der Waals surface area contributed by atoms with Crippen LogP contribution < -0.4 is 5.32 Å². The van der Waals surface area contributed by atoms with Crippen LogP contribution in [0, 0.1) is 0 Å². The van der Waals surface area contributed by atoms with Crippen LogP contribution in [0.2, 0.25) is 0 Å². The number of hydrogen-bond donors (Lipinski definition) is 1. The Kier molecular flexibility index (Phi) is 4.20. The molecular formula is C17H16BrNS. The summed E-state index contributed by atoms with van der Waals surface area (Å²) in [4.78, 5) is 0. The number of benzene rings is 2. The topological polar surface area (TPSA) is 12.0 Å². The van der Waals surface area contributed by atoms with Gasteiger partial charge in [0.15, 0.2) is 0 Å². The summed E-state index contributed by atoms with van der Waals surface area (Å²) in [5.41, 5.74) is 2.70. The maximum Gasteiger partial charge on any atom is 0.0346 e. The number of halogens is 1. The minimum atomic E-state index is 0.349. The molecule has 3 heteroatoms. The molecule has 20 heavy (non-hydrogen) atoms. The van der Waals surface area contributed by atoms with E-state index in [2.05, 4.69) is 82.1 Å². The number of nitrogens with one attached hydrogen (secondary N) is 1. The highest BCUT2D eigenvalue weighted by molar-refractivity contribution is 9.10. The molecule has 0 aliphatic heterocycles. The highest BCUT2D eigenvalue weighted by atomic mass is 79.9. The van der Waals surface area contributed by atoms with Gasteiger partial charge >= 0.3 is 0 Å². The molecule has 0 amide bonds. The zero-order valence-electron chi connectivity index (χ0n) is 11.3. The first-order chi connectivity index (χ1) is 9.74. The van der Waals surface area contributed by atoms with Crippen molar-refractivity contribution in [1.29, 1.82) is 0 Å². The molecule has 0 bridgehead atoms. The van der Waals surface area contributed by atoms with Crippen molar-refractivity contribution in [2.75, 3.05) is 0 Å². The molecule has 0 aliphatic rings. The largest absolute Gasteiger partial charge is 0.306 e. The Morgan fingerprint density at radius 3 is 2.65 bits per heavy atom. The zero-order chi connectivity index (χ0) is 13.9. The molecule has 0 fully saturated rings. The molecule has 102 valence electrons. The molecule has 0 radical (unpaired) electrons. The van der Waals surface area contributed by atoms with Gasteiger partial charge in [-0.15, -0.1) is 11.3 Å². The lowest BCUT2D eigenvalue weighted by molar-refractivity contribution is 0.577. The first-order valence-electron chi connectivity index (χ1n) is 6.68. The van der Waals surface area contributed by atoms with E-state index >= 15 is 0 Å². The van der Waals surface area contributed by atoms with Crippen molar-refractivity contribution in [3.8, 4) is 0 Å². The highest BCUT2D eigenvalue weighted by Gasteiger charge is 2.07. The van der Waals surface area contributed by atoms with Crippen LogP contribution in [-0.4, -0.2) is 0 Å². The highest BCUT2D eigenvalue weighted by Crippen LogP contribution is 2.26. The number of thiophene rings is 1. The third kappa shape index (κ3) is 2.95. The second-order valence-corrected chi connectivity index (χ2v) is 6.74. The Hall–Kier alpha value is -1.16. The third-order valence-corrected chi connectivity index (χ3v) is 5.07. The molecule has 0 aliphatic carbocycles. The van der Waals surface area contributed by atoms with Gasteiger partial charge in [0.25, 0.3) is 0 Å². The number of rotatable bonds is 4. The zero-order valence-corrected chi connectivity index (χ0v) is 13.7. The predicted molar refractivity (Wildman–Crippen MR) is 91.2 cm³/mol. The van der Waals surface area contributed by atoms with E-state index in [0.29, 0.717) is 6.04 Å². The van der Waals surface area contributed by atoms with Gasteiger partial charge in [0.2, 0.25) is 0 Å². The lowest BCUT2D eigenvalue weighted by Crippen LogP contribution is -2.17. The quantitative estimate of drug-likeness (QED) is 0.656. The lowest BCUT2D eigenvalue weighted by Gasteiger charge is -2.14. The normalized spacial score (nSPS) is 12.7. The summed E-state index contributed by atoms with van der Waals surface area (Å²) < 4.78 is 2.48. The van der Waals surface area contributed by atoms with E-state index in [1.54, 1.807) is 0 Å². The SMILES string of the molecule is C[C@@H](NCc1csc2ccccc12)c1ccc(Br)cc1. The fourth-order valence-electron chi connectivity index (χ4n) is 2.30. The van der Waals surface area contributed by atoms with E-state index in [9.17, 15) is 0 Å². The van der Waals surface area contributed by atoms with E-state index in [0.717, 1.165) is 11.0 Å². The van der Waals surface area contributed by atoms with E-state index in [1.165, 1.54) is 21.2 Å². The van der Waals surface area contributed by atoms with Crippen LogP contribution in [0.15, 0.2) is 58.4 Å². The third-order valence-electron chi connectivity index (χ3n) is 3.53. The molecule has 3 aromatic rings. The maximum absolute atomic E-state index is 3.60. The number of fused-ring (bicyclic) bond motifs is 1. The van der Waals surface area contributed by atoms with Crippen molar-refractivity contribution in [2.24, 2.45) is 0 Å². The smallest absolute Gasteiger partial charge is 0.0346 e. The Morgan fingerprint density at radius 2 is 1.85 bits per heavy atom. The molecule has 1 nitrogen and oxygen atoms in total. The van der Waals surface area contributed by atoms with Gasteiger partial charge in [-0.1, -0.05) is 46.3 Å². The molecule has 1 heterocycles.